The van der Waals surface area contributed by atoms with Crippen LogP contribution < -0.4 is 0 Å². The van der Waals surface area contributed by atoms with E-state index in [1.807, 2.05) is 6.07 Å². The van der Waals surface area contributed by atoms with Crippen LogP contribution in [-0.2, 0) is 11.8 Å². The van der Waals surface area contributed by atoms with E-state index in [1.165, 1.54) is 12.3 Å². The van der Waals surface area contributed by atoms with Gasteiger partial charge < -0.3 is 4.57 Å². The lowest BCUT2D eigenvalue weighted by molar-refractivity contribution is 0.560. The Bertz CT molecular complexity index is 356. The smallest absolute Gasteiger partial charge is 0.236 e. The van der Waals surface area contributed by atoms with Crippen molar-refractivity contribution in [2.24, 2.45) is 12.0 Å². The van der Waals surface area contributed by atoms with Gasteiger partial charge in [-0.1, -0.05) is 0 Å². The van der Waals surface area contributed by atoms with Gasteiger partial charge in [0.15, 0.2) is 6.04 Å². The molecule has 60 valence electrons. The van der Waals surface area contributed by atoms with Crippen LogP contribution in [0.1, 0.15) is 11.7 Å². The lowest BCUT2D eigenvalue weighted by Gasteiger charge is -2.00. The number of imidazole rings is 1. The van der Waals surface area contributed by atoms with Gasteiger partial charge in [0.05, 0.1) is 24.3 Å². The van der Waals surface area contributed by atoms with Gasteiger partial charge in [-0.15, -0.1) is 0 Å². The van der Waals surface area contributed by atoms with E-state index in [0.29, 0.717) is 5.69 Å². The van der Waals surface area contributed by atoms with Gasteiger partial charge in [0, 0.05) is 7.05 Å². The number of carbonyl (C=O) groups excluding carboxylic acids is 1. The molecule has 1 aromatic rings. The minimum absolute atomic E-state index is 0.584. The summed E-state index contributed by atoms with van der Waals surface area (Å²) in [5, 5.41) is 8.59. The first-order valence-corrected chi connectivity index (χ1v) is 3.22. The van der Waals surface area contributed by atoms with Crippen molar-refractivity contribution >= 4 is 6.08 Å². The molecule has 0 aromatic carbocycles. The summed E-state index contributed by atoms with van der Waals surface area (Å²) in [6.45, 7) is 0. The summed E-state index contributed by atoms with van der Waals surface area (Å²) in [6.07, 6.45) is 4.38. The zero-order valence-corrected chi connectivity index (χ0v) is 6.43. The molecule has 0 aliphatic carbocycles. The average molecular weight is 162 g/mol. The summed E-state index contributed by atoms with van der Waals surface area (Å²) in [7, 11) is 1.73. The fourth-order valence-corrected chi connectivity index (χ4v) is 0.845. The highest BCUT2D eigenvalue weighted by Gasteiger charge is 2.11. The quantitative estimate of drug-likeness (QED) is 0.464. The van der Waals surface area contributed by atoms with Gasteiger partial charge in [-0.2, -0.15) is 10.3 Å². The molecular weight excluding hydrogens is 156 g/mol. The standard InChI is InChI=1S/C7H6N4O/c1-11-4-9-3-7(11)6(2-8)10-5-12/h3-4,6H,1H3. The van der Waals surface area contributed by atoms with E-state index in [4.69, 9.17) is 5.26 Å². The van der Waals surface area contributed by atoms with Crippen molar-refractivity contribution in [3.05, 3.63) is 18.2 Å². The fraction of sp³-hybridized carbons (Fsp3) is 0.286. The first-order chi connectivity index (χ1) is 5.79. The molecule has 5 heteroatoms. The molecule has 1 rings (SSSR count). The third kappa shape index (κ3) is 1.39. The molecule has 0 saturated heterocycles. The second-order valence-corrected chi connectivity index (χ2v) is 2.18. The molecule has 0 spiro atoms. The van der Waals surface area contributed by atoms with Gasteiger partial charge in [-0.05, 0) is 0 Å². The maximum absolute atomic E-state index is 9.91. The van der Waals surface area contributed by atoms with Crippen LogP contribution in [0.2, 0.25) is 0 Å². The summed E-state index contributed by atoms with van der Waals surface area (Å²) in [6, 6.07) is 1.06. The van der Waals surface area contributed by atoms with E-state index in [1.54, 1.807) is 17.9 Å². The molecule has 0 N–H and O–H groups in total. The van der Waals surface area contributed by atoms with Crippen LogP contribution in [-0.4, -0.2) is 15.6 Å². The number of aryl methyl sites for hydroxylation is 1. The largest absolute Gasteiger partial charge is 0.335 e. The topological polar surface area (TPSA) is 71.0 Å². The lowest BCUT2D eigenvalue weighted by atomic mass is 10.2. The second kappa shape index (κ2) is 3.46. The Hall–Kier alpha value is -1.92. The van der Waals surface area contributed by atoms with Crippen LogP contribution in [0, 0.1) is 11.3 Å². The first kappa shape index (κ1) is 8.18. The van der Waals surface area contributed by atoms with Crippen molar-refractivity contribution in [1.82, 2.24) is 9.55 Å². The van der Waals surface area contributed by atoms with Gasteiger partial charge in [0.1, 0.15) is 0 Å². The normalized spacial score (nSPS) is 11.3. The number of hydrogen-bond acceptors (Lipinski definition) is 4. The summed E-state index contributed by atoms with van der Waals surface area (Å²) < 4.78 is 1.63. The Morgan fingerprint density at radius 3 is 3.00 bits per heavy atom. The molecule has 1 atom stereocenters. The number of rotatable bonds is 2. The summed E-state index contributed by atoms with van der Waals surface area (Å²) >= 11 is 0. The van der Waals surface area contributed by atoms with E-state index in [9.17, 15) is 4.79 Å². The highest BCUT2D eigenvalue weighted by molar-refractivity contribution is 5.36. The molecule has 0 radical (unpaired) electrons. The number of nitrogens with zero attached hydrogens (tertiary/aromatic N) is 4. The molecule has 1 aromatic heterocycles. The number of nitriles is 1. The van der Waals surface area contributed by atoms with E-state index >= 15 is 0 Å². The van der Waals surface area contributed by atoms with E-state index < -0.39 is 6.04 Å². The minimum atomic E-state index is -0.796. The van der Waals surface area contributed by atoms with Gasteiger partial charge in [0.25, 0.3) is 0 Å². The SMILES string of the molecule is Cn1cncc1C(C#N)N=C=O. The van der Waals surface area contributed by atoms with Crippen LogP contribution in [0.15, 0.2) is 17.5 Å². The summed E-state index contributed by atoms with van der Waals surface area (Å²) in [4.78, 5) is 17.0. The highest BCUT2D eigenvalue weighted by Crippen LogP contribution is 2.13. The maximum atomic E-state index is 9.91. The average Bonchev–Trinajstić information content (AvgIpc) is 2.47. The predicted octanol–water partition coefficient (Wildman–Crippen LogP) is 0.321. The molecule has 12 heavy (non-hydrogen) atoms. The van der Waals surface area contributed by atoms with E-state index in [2.05, 4.69) is 9.98 Å². The third-order valence-electron chi connectivity index (χ3n) is 1.44. The molecule has 0 aliphatic heterocycles. The molecule has 0 saturated carbocycles. The van der Waals surface area contributed by atoms with Gasteiger partial charge in [-0.25, -0.2) is 9.78 Å². The Kier molecular flexibility index (Phi) is 2.36. The minimum Gasteiger partial charge on any atom is -0.335 e. The molecule has 1 heterocycles. The van der Waals surface area contributed by atoms with E-state index in [0.717, 1.165) is 0 Å². The van der Waals surface area contributed by atoms with Crippen molar-refractivity contribution in [2.45, 2.75) is 6.04 Å². The summed E-state index contributed by atoms with van der Waals surface area (Å²) in [5.41, 5.74) is 0.584. The van der Waals surface area contributed by atoms with Crippen molar-refractivity contribution in [1.29, 1.82) is 5.26 Å². The van der Waals surface area contributed by atoms with E-state index in [-0.39, 0.29) is 0 Å². The van der Waals surface area contributed by atoms with Crippen LogP contribution >= 0.6 is 0 Å². The van der Waals surface area contributed by atoms with Crippen molar-refractivity contribution in [3.63, 3.8) is 0 Å². The number of aliphatic imine (C=N–C) groups is 1. The van der Waals surface area contributed by atoms with Gasteiger partial charge in [-0.3, -0.25) is 0 Å². The Morgan fingerprint density at radius 1 is 1.83 bits per heavy atom. The number of hydrogen-bond donors (Lipinski definition) is 0. The molecule has 0 aliphatic rings. The van der Waals surface area contributed by atoms with Crippen LogP contribution in [0.5, 0.6) is 0 Å². The number of isocyanates is 1. The van der Waals surface area contributed by atoms with Gasteiger partial charge in [0.2, 0.25) is 6.08 Å². The van der Waals surface area contributed by atoms with Gasteiger partial charge >= 0.3 is 0 Å². The molecule has 0 amide bonds. The monoisotopic (exact) mass is 162 g/mol. The second-order valence-electron chi connectivity index (χ2n) is 2.18. The number of aromatic nitrogens is 2. The van der Waals surface area contributed by atoms with Crippen LogP contribution in [0.4, 0.5) is 0 Å². The fourth-order valence-electron chi connectivity index (χ4n) is 0.845. The molecule has 0 fully saturated rings. The van der Waals surface area contributed by atoms with Crippen molar-refractivity contribution < 1.29 is 4.79 Å². The third-order valence-corrected chi connectivity index (χ3v) is 1.44. The molecular formula is C7H6N4O. The highest BCUT2D eigenvalue weighted by atomic mass is 16.1. The molecule has 1 unspecified atom stereocenters. The Balaban J connectivity index is 3.04. The van der Waals surface area contributed by atoms with Crippen molar-refractivity contribution in [2.75, 3.05) is 0 Å². The Morgan fingerprint density at radius 2 is 2.58 bits per heavy atom. The van der Waals surface area contributed by atoms with Crippen LogP contribution in [0.25, 0.3) is 0 Å². The lowest BCUT2D eigenvalue weighted by Crippen LogP contribution is -1.99. The first-order valence-electron chi connectivity index (χ1n) is 3.22. The zero-order valence-electron chi connectivity index (χ0n) is 6.43. The predicted molar refractivity (Wildman–Crippen MR) is 39.7 cm³/mol. The molecule has 5 nitrogen and oxygen atoms in total. The summed E-state index contributed by atoms with van der Waals surface area (Å²) in [5.74, 6) is 0. The van der Waals surface area contributed by atoms with Crippen molar-refractivity contribution in [3.8, 4) is 6.07 Å². The molecule has 0 bridgehead atoms. The maximum Gasteiger partial charge on any atom is 0.236 e. The Labute approximate surface area is 69.0 Å². The zero-order chi connectivity index (χ0) is 8.97. The van der Waals surface area contributed by atoms with Crippen LogP contribution in [0.3, 0.4) is 0 Å².